The van der Waals surface area contributed by atoms with Gasteiger partial charge in [0.15, 0.2) is 0 Å². The summed E-state index contributed by atoms with van der Waals surface area (Å²) in [5.74, 6) is 1.04. The summed E-state index contributed by atoms with van der Waals surface area (Å²) in [5, 5.41) is 0. The summed E-state index contributed by atoms with van der Waals surface area (Å²) in [5.41, 5.74) is 0. The number of unbranched alkanes of at least 4 members (excludes halogenated alkanes) is 20. The minimum absolute atomic E-state index is 0.0181. The van der Waals surface area contributed by atoms with Crippen LogP contribution in [-0.4, -0.2) is 62.8 Å². The predicted molar refractivity (Wildman–Crippen MR) is 265 cm³/mol. The highest BCUT2D eigenvalue weighted by Crippen LogP contribution is 2.22. The Hall–Kier alpha value is -2.15. The molecular formula is C55H103NO6. The highest BCUT2D eigenvalue weighted by molar-refractivity contribution is 5.70. The summed E-state index contributed by atoms with van der Waals surface area (Å²) >= 11 is 0. The van der Waals surface area contributed by atoms with E-state index in [0.717, 1.165) is 90.0 Å². The van der Waals surface area contributed by atoms with Crippen LogP contribution in [0.3, 0.4) is 0 Å². The molecule has 0 bridgehead atoms. The average Bonchev–Trinajstić information content (AvgIpc) is 3.24. The van der Waals surface area contributed by atoms with Crippen LogP contribution in [0.25, 0.3) is 0 Å². The van der Waals surface area contributed by atoms with E-state index in [1.807, 2.05) is 14.1 Å². The second-order valence-electron chi connectivity index (χ2n) is 18.8. The highest BCUT2D eigenvalue weighted by Gasteiger charge is 2.15. The number of carbonyl (C=O) groups is 3. The van der Waals surface area contributed by atoms with Crippen LogP contribution in [0.2, 0.25) is 0 Å². The van der Waals surface area contributed by atoms with Crippen molar-refractivity contribution in [2.75, 3.05) is 33.9 Å². The Bertz CT molecular complexity index is 968. The molecule has 0 aliphatic heterocycles. The zero-order chi connectivity index (χ0) is 45.6. The third-order valence-electron chi connectivity index (χ3n) is 12.3. The first-order valence-electron chi connectivity index (χ1n) is 26.7. The Morgan fingerprint density at radius 3 is 1.08 bits per heavy atom. The third kappa shape index (κ3) is 43.1. The second-order valence-corrected chi connectivity index (χ2v) is 18.8. The van der Waals surface area contributed by atoms with Crippen LogP contribution in [0.4, 0.5) is 0 Å². The molecule has 0 aromatic rings. The average molecular weight is 874 g/mol. The van der Waals surface area contributed by atoms with Crippen molar-refractivity contribution >= 4 is 17.9 Å². The molecule has 0 heterocycles. The minimum atomic E-state index is -0.0718. The number of ether oxygens (including phenoxy) is 3. The molecule has 0 aliphatic carbocycles. The Morgan fingerprint density at radius 1 is 0.403 bits per heavy atom. The summed E-state index contributed by atoms with van der Waals surface area (Å²) in [7, 11) is 4.08. The summed E-state index contributed by atoms with van der Waals surface area (Å²) in [6.45, 7) is 10.7. The van der Waals surface area contributed by atoms with E-state index in [1.54, 1.807) is 0 Å². The van der Waals surface area contributed by atoms with E-state index in [0.29, 0.717) is 44.3 Å². The van der Waals surface area contributed by atoms with Crippen LogP contribution in [0, 0.1) is 11.8 Å². The first-order chi connectivity index (χ1) is 30.2. The lowest BCUT2D eigenvalue weighted by Crippen LogP contribution is -2.20. The van der Waals surface area contributed by atoms with Gasteiger partial charge in [-0.15, -0.1) is 0 Å². The van der Waals surface area contributed by atoms with Gasteiger partial charge in [-0.2, -0.15) is 0 Å². The molecule has 62 heavy (non-hydrogen) atoms. The summed E-state index contributed by atoms with van der Waals surface area (Å²) in [6, 6.07) is 0. The lowest BCUT2D eigenvalue weighted by atomic mass is 9.94. The molecule has 0 aromatic heterocycles. The van der Waals surface area contributed by atoms with Crippen LogP contribution in [0.5, 0.6) is 0 Å². The maximum Gasteiger partial charge on any atom is 0.306 e. The van der Waals surface area contributed by atoms with Crippen LogP contribution < -0.4 is 0 Å². The van der Waals surface area contributed by atoms with Gasteiger partial charge in [0.2, 0.25) is 0 Å². The molecular weight excluding hydrogens is 771 g/mol. The lowest BCUT2D eigenvalue weighted by molar-refractivity contribution is -0.150. The van der Waals surface area contributed by atoms with E-state index in [9.17, 15) is 14.4 Å². The number of nitrogens with zero attached hydrogens (tertiary/aromatic N) is 1. The summed E-state index contributed by atoms with van der Waals surface area (Å²) in [4.78, 5) is 39.3. The van der Waals surface area contributed by atoms with Gasteiger partial charge in [0, 0.05) is 19.3 Å². The number of allylic oxidation sites excluding steroid dienone is 2. The largest absolute Gasteiger partial charge is 0.462 e. The summed E-state index contributed by atoms with van der Waals surface area (Å²) in [6.07, 6.45) is 48.8. The van der Waals surface area contributed by atoms with Gasteiger partial charge < -0.3 is 19.1 Å². The molecule has 0 unspecified atom stereocenters. The van der Waals surface area contributed by atoms with E-state index in [2.05, 4.69) is 56.9 Å². The van der Waals surface area contributed by atoms with Gasteiger partial charge in [-0.1, -0.05) is 193 Å². The molecule has 0 aliphatic rings. The van der Waals surface area contributed by atoms with E-state index in [-0.39, 0.29) is 24.0 Å². The zero-order valence-electron chi connectivity index (χ0n) is 42.0. The summed E-state index contributed by atoms with van der Waals surface area (Å²) < 4.78 is 17.0. The molecule has 7 heteroatoms. The molecule has 7 nitrogen and oxygen atoms in total. The maximum absolute atomic E-state index is 12.7. The van der Waals surface area contributed by atoms with Crippen LogP contribution in [-0.2, 0) is 28.6 Å². The van der Waals surface area contributed by atoms with E-state index in [1.165, 1.54) is 128 Å². The van der Waals surface area contributed by atoms with Gasteiger partial charge in [-0.3, -0.25) is 14.4 Å². The fourth-order valence-electron chi connectivity index (χ4n) is 8.32. The molecule has 0 N–H and O–H groups in total. The Morgan fingerprint density at radius 2 is 0.726 bits per heavy atom. The Labute approximate surface area is 385 Å². The smallest absolute Gasteiger partial charge is 0.306 e. The van der Waals surface area contributed by atoms with E-state index < -0.39 is 0 Å². The number of carbonyl (C=O) groups excluding carboxylic acids is 3. The fraction of sp³-hybridized carbons (Fsp3) is 0.873. The first-order valence-corrected chi connectivity index (χ1v) is 26.7. The standard InChI is InChI=1S/C55H103NO6/c1-7-11-25-36-50(37-26-12-8-2)40-34-48-60-53(57)44-31-23-19-15-17-21-29-42-52(62-55(59)46-33-47-56(5)6)43-30-22-18-16-20-24-32-45-54(58)61-49-35-41-51(38-27-13-9-3)39-28-14-10-4/h34-35,40-41,50-52H,7-33,36-39,42-49H2,1-6H3. The van der Waals surface area contributed by atoms with Gasteiger partial charge in [0.25, 0.3) is 0 Å². The van der Waals surface area contributed by atoms with Crippen molar-refractivity contribution in [2.24, 2.45) is 11.8 Å². The van der Waals surface area contributed by atoms with Gasteiger partial charge in [0.05, 0.1) is 0 Å². The van der Waals surface area contributed by atoms with Gasteiger partial charge in [0.1, 0.15) is 19.3 Å². The van der Waals surface area contributed by atoms with Crippen molar-refractivity contribution in [3.8, 4) is 0 Å². The van der Waals surface area contributed by atoms with Gasteiger partial charge in [-0.25, -0.2) is 0 Å². The SMILES string of the molecule is CCCCCC(C=CCOC(=O)CCCCCCCCCC(CCCCCCCCCC(=O)OCC=CC(CCCCC)CCCCC)OC(=O)CCCN(C)C)CCCCC. The highest BCUT2D eigenvalue weighted by atomic mass is 16.5. The van der Waals surface area contributed by atoms with Crippen molar-refractivity contribution in [3.63, 3.8) is 0 Å². The van der Waals surface area contributed by atoms with Crippen molar-refractivity contribution < 1.29 is 28.6 Å². The van der Waals surface area contributed by atoms with Crippen LogP contribution in [0.15, 0.2) is 24.3 Å². The Kier molecular flexibility index (Phi) is 45.2. The molecule has 0 radical (unpaired) electrons. The van der Waals surface area contributed by atoms with Crippen molar-refractivity contribution in [1.29, 1.82) is 0 Å². The number of rotatable bonds is 47. The molecule has 0 aromatic carbocycles. The molecule has 0 rings (SSSR count). The van der Waals surface area contributed by atoms with Crippen molar-refractivity contribution in [2.45, 2.75) is 265 Å². The third-order valence-corrected chi connectivity index (χ3v) is 12.3. The van der Waals surface area contributed by atoms with Gasteiger partial charge >= 0.3 is 17.9 Å². The number of hydrogen-bond donors (Lipinski definition) is 0. The first kappa shape index (κ1) is 59.9. The van der Waals surface area contributed by atoms with Crippen molar-refractivity contribution in [3.05, 3.63) is 24.3 Å². The molecule has 0 fully saturated rings. The topological polar surface area (TPSA) is 82.1 Å². The molecule has 0 atom stereocenters. The van der Waals surface area contributed by atoms with Crippen LogP contribution >= 0.6 is 0 Å². The monoisotopic (exact) mass is 874 g/mol. The van der Waals surface area contributed by atoms with E-state index >= 15 is 0 Å². The molecule has 0 amide bonds. The van der Waals surface area contributed by atoms with E-state index in [4.69, 9.17) is 14.2 Å². The molecule has 0 spiro atoms. The molecule has 364 valence electrons. The molecule has 0 saturated heterocycles. The quantitative estimate of drug-likeness (QED) is 0.0261. The number of esters is 3. The number of hydrogen-bond acceptors (Lipinski definition) is 7. The van der Waals surface area contributed by atoms with Gasteiger partial charge in [-0.05, 0) is 103 Å². The lowest BCUT2D eigenvalue weighted by Gasteiger charge is -2.18. The fourth-order valence-corrected chi connectivity index (χ4v) is 8.32. The predicted octanol–water partition coefficient (Wildman–Crippen LogP) is 16.0. The molecule has 0 saturated carbocycles. The Balaban J connectivity index is 4.26. The second kappa shape index (κ2) is 46.8. The normalized spacial score (nSPS) is 12.4. The maximum atomic E-state index is 12.7. The van der Waals surface area contributed by atoms with Crippen molar-refractivity contribution in [1.82, 2.24) is 4.90 Å². The minimum Gasteiger partial charge on any atom is -0.462 e. The zero-order valence-corrected chi connectivity index (χ0v) is 42.0. The van der Waals surface area contributed by atoms with Crippen LogP contribution in [0.1, 0.15) is 259 Å².